The maximum atomic E-state index is 13.5. The molecule has 2 unspecified atom stereocenters. The van der Waals surface area contributed by atoms with Crippen molar-refractivity contribution in [3.8, 4) is 5.75 Å². The van der Waals surface area contributed by atoms with Crippen LogP contribution in [0, 0.1) is 11.6 Å². The van der Waals surface area contributed by atoms with Crippen LogP contribution < -0.4 is 10.1 Å². The minimum Gasteiger partial charge on any atom is -0.486 e. The number of halogens is 2. The van der Waals surface area contributed by atoms with Crippen LogP contribution in [0.3, 0.4) is 0 Å². The summed E-state index contributed by atoms with van der Waals surface area (Å²) in [6, 6.07) is 8.35. The van der Waals surface area contributed by atoms with E-state index in [0.29, 0.717) is 28.8 Å². The van der Waals surface area contributed by atoms with Crippen LogP contribution in [0.5, 0.6) is 5.75 Å². The number of anilines is 1. The highest BCUT2D eigenvalue weighted by Gasteiger charge is 2.22. The van der Waals surface area contributed by atoms with Crippen LogP contribution in [0.1, 0.15) is 44.1 Å². The maximum Gasteiger partial charge on any atom is 0.410 e. The standard InChI is InChI=1S/C21H21F2N3O4/c1-12(13-8-14(22)10-15(23)9-13)30-16-5-6-18-17(11-16)20(24-21(27)28)25-26(18)19-4-2-3-7-29-19/h5-6,8-12,19H,2-4,7H2,1H3,(H,24,25)(H,27,28). The minimum atomic E-state index is -1.24. The molecule has 1 aromatic heterocycles. The Kier molecular flexibility index (Phi) is 5.54. The molecule has 0 spiro atoms. The predicted molar refractivity (Wildman–Crippen MR) is 106 cm³/mol. The summed E-state index contributed by atoms with van der Waals surface area (Å²) in [6.07, 6.45) is 0.625. The normalized spacial score (nSPS) is 17.6. The molecular formula is C21H21F2N3O4. The average molecular weight is 417 g/mol. The minimum absolute atomic E-state index is 0.168. The third-order valence-electron chi connectivity index (χ3n) is 5.00. The van der Waals surface area contributed by atoms with E-state index >= 15 is 0 Å². The maximum absolute atomic E-state index is 13.5. The van der Waals surface area contributed by atoms with Gasteiger partial charge in [-0.05, 0) is 62.1 Å². The first-order valence-electron chi connectivity index (χ1n) is 9.67. The Bertz CT molecular complexity index is 1060. The number of carbonyl (C=O) groups is 1. The molecule has 2 heterocycles. The van der Waals surface area contributed by atoms with Gasteiger partial charge in [0.25, 0.3) is 0 Å². The Balaban J connectivity index is 1.67. The lowest BCUT2D eigenvalue weighted by Crippen LogP contribution is -2.19. The van der Waals surface area contributed by atoms with Crippen molar-refractivity contribution in [1.29, 1.82) is 0 Å². The highest BCUT2D eigenvalue weighted by atomic mass is 19.1. The van der Waals surface area contributed by atoms with Gasteiger partial charge in [-0.2, -0.15) is 5.10 Å². The number of ether oxygens (including phenoxy) is 2. The van der Waals surface area contributed by atoms with Gasteiger partial charge < -0.3 is 14.6 Å². The van der Waals surface area contributed by atoms with Crippen LogP contribution in [-0.4, -0.2) is 27.6 Å². The zero-order chi connectivity index (χ0) is 21.3. The summed E-state index contributed by atoms with van der Waals surface area (Å²) in [4.78, 5) is 11.2. The third kappa shape index (κ3) is 4.20. The third-order valence-corrected chi connectivity index (χ3v) is 5.00. The molecule has 2 atom stereocenters. The van der Waals surface area contributed by atoms with E-state index < -0.39 is 23.8 Å². The fraction of sp³-hybridized carbons (Fsp3) is 0.333. The molecule has 2 N–H and O–H groups in total. The second kappa shape index (κ2) is 8.27. The zero-order valence-corrected chi connectivity index (χ0v) is 16.3. The van der Waals surface area contributed by atoms with Gasteiger partial charge in [-0.25, -0.2) is 18.3 Å². The van der Waals surface area contributed by atoms with Gasteiger partial charge >= 0.3 is 6.09 Å². The van der Waals surface area contributed by atoms with Crippen molar-refractivity contribution < 1.29 is 28.2 Å². The van der Waals surface area contributed by atoms with Crippen LogP contribution in [-0.2, 0) is 4.74 Å². The fourth-order valence-electron chi connectivity index (χ4n) is 3.61. The van der Waals surface area contributed by atoms with Crippen LogP contribution in [0.25, 0.3) is 10.9 Å². The molecule has 1 fully saturated rings. The summed E-state index contributed by atoms with van der Waals surface area (Å²) in [7, 11) is 0. The molecule has 1 aliphatic heterocycles. The number of aromatic nitrogens is 2. The molecule has 1 aliphatic rings. The number of nitrogens with one attached hydrogen (secondary N) is 1. The van der Waals surface area contributed by atoms with E-state index in [-0.39, 0.29) is 12.0 Å². The smallest absolute Gasteiger partial charge is 0.410 e. The van der Waals surface area contributed by atoms with Gasteiger partial charge in [0.1, 0.15) is 23.5 Å². The van der Waals surface area contributed by atoms with Gasteiger partial charge in [-0.15, -0.1) is 0 Å². The van der Waals surface area contributed by atoms with Crippen LogP contribution >= 0.6 is 0 Å². The second-order valence-corrected chi connectivity index (χ2v) is 7.19. The molecule has 1 saturated heterocycles. The Morgan fingerprint density at radius 2 is 2.03 bits per heavy atom. The average Bonchev–Trinajstić information content (AvgIpc) is 3.05. The predicted octanol–water partition coefficient (Wildman–Crippen LogP) is 5.24. The van der Waals surface area contributed by atoms with Gasteiger partial charge in [0, 0.05) is 18.1 Å². The van der Waals surface area contributed by atoms with E-state index in [1.54, 1.807) is 29.8 Å². The molecule has 0 bridgehead atoms. The molecule has 2 aromatic carbocycles. The molecule has 0 aliphatic carbocycles. The Morgan fingerprint density at radius 3 is 2.70 bits per heavy atom. The number of benzene rings is 2. The highest BCUT2D eigenvalue weighted by molar-refractivity contribution is 5.97. The first-order valence-corrected chi connectivity index (χ1v) is 9.67. The number of amides is 1. The summed E-state index contributed by atoms with van der Waals surface area (Å²) in [5, 5.41) is 16.4. The Hall–Kier alpha value is -3.20. The van der Waals surface area contributed by atoms with Gasteiger partial charge in [0.2, 0.25) is 0 Å². The summed E-state index contributed by atoms with van der Waals surface area (Å²) >= 11 is 0. The Labute approximate surface area is 171 Å². The lowest BCUT2D eigenvalue weighted by Gasteiger charge is -2.23. The van der Waals surface area contributed by atoms with E-state index in [2.05, 4.69) is 10.4 Å². The molecule has 0 saturated carbocycles. The lowest BCUT2D eigenvalue weighted by atomic mass is 10.1. The first-order chi connectivity index (χ1) is 14.4. The molecule has 9 heteroatoms. The first kappa shape index (κ1) is 20.1. The highest BCUT2D eigenvalue weighted by Crippen LogP contribution is 2.34. The van der Waals surface area contributed by atoms with E-state index in [9.17, 15) is 13.6 Å². The van der Waals surface area contributed by atoms with Crippen molar-refractivity contribution in [2.75, 3.05) is 11.9 Å². The number of hydrogen-bond donors (Lipinski definition) is 2. The van der Waals surface area contributed by atoms with Crippen molar-refractivity contribution in [1.82, 2.24) is 9.78 Å². The van der Waals surface area contributed by atoms with E-state index in [4.69, 9.17) is 14.6 Å². The van der Waals surface area contributed by atoms with Crippen molar-refractivity contribution in [3.05, 3.63) is 53.6 Å². The Morgan fingerprint density at radius 1 is 1.27 bits per heavy atom. The van der Waals surface area contributed by atoms with Crippen LogP contribution in [0.4, 0.5) is 19.4 Å². The van der Waals surface area contributed by atoms with Crippen molar-refractivity contribution in [2.45, 2.75) is 38.5 Å². The molecule has 30 heavy (non-hydrogen) atoms. The molecule has 158 valence electrons. The molecule has 4 rings (SSSR count). The number of nitrogens with zero attached hydrogens (tertiary/aromatic N) is 2. The SMILES string of the molecule is CC(Oc1ccc2c(c1)c(NC(=O)O)nn2C1CCCCO1)c1cc(F)cc(F)c1. The summed E-state index contributed by atoms with van der Waals surface area (Å²) in [5.74, 6) is -0.783. The van der Waals surface area contributed by atoms with E-state index in [0.717, 1.165) is 25.3 Å². The van der Waals surface area contributed by atoms with Crippen LogP contribution in [0.15, 0.2) is 36.4 Å². The molecule has 7 nitrogen and oxygen atoms in total. The fourth-order valence-corrected chi connectivity index (χ4v) is 3.61. The number of fused-ring (bicyclic) bond motifs is 1. The van der Waals surface area contributed by atoms with Gasteiger partial charge in [-0.1, -0.05) is 0 Å². The largest absolute Gasteiger partial charge is 0.486 e. The van der Waals surface area contributed by atoms with E-state index in [1.807, 2.05) is 0 Å². The molecule has 0 radical (unpaired) electrons. The summed E-state index contributed by atoms with van der Waals surface area (Å²) < 4.78 is 40.3. The molecule has 1 amide bonds. The van der Waals surface area contributed by atoms with Crippen LogP contribution in [0.2, 0.25) is 0 Å². The number of carboxylic acid groups (broad SMARTS) is 1. The quantitative estimate of drug-likeness (QED) is 0.593. The number of rotatable bonds is 5. The lowest BCUT2D eigenvalue weighted by molar-refractivity contribution is -0.0365. The number of hydrogen-bond acceptors (Lipinski definition) is 4. The van der Waals surface area contributed by atoms with Crippen molar-refractivity contribution >= 4 is 22.8 Å². The second-order valence-electron chi connectivity index (χ2n) is 7.19. The monoisotopic (exact) mass is 417 g/mol. The summed E-state index contributed by atoms with van der Waals surface area (Å²) in [6.45, 7) is 2.30. The molecular weight excluding hydrogens is 396 g/mol. The molecule has 3 aromatic rings. The van der Waals surface area contributed by atoms with Gasteiger partial charge in [0.05, 0.1) is 5.52 Å². The van der Waals surface area contributed by atoms with Gasteiger partial charge in [0.15, 0.2) is 12.0 Å². The topological polar surface area (TPSA) is 85.6 Å². The van der Waals surface area contributed by atoms with Crippen molar-refractivity contribution in [3.63, 3.8) is 0 Å². The van der Waals surface area contributed by atoms with Gasteiger partial charge in [-0.3, -0.25) is 5.32 Å². The van der Waals surface area contributed by atoms with Crippen molar-refractivity contribution in [2.24, 2.45) is 0 Å². The van der Waals surface area contributed by atoms with E-state index in [1.165, 1.54) is 12.1 Å². The zero-order valence-electron chi connectivity index (χ0n) is 16.3. The summed E-state index contributed by atoms with van der Waals surface area (Å²) in [5.41, 5.74) is 1.05.